The third-order valence-electron chi connectivity index (χ3n) is 4.73. The lowest BCUT2D eigenvalue weighted by Gasteiger charge is -2.34. The summed E-state index contributed by atoms with van der Waals surface area (Å²) in [5.41, 5.74) is 0.663. The van der Waals surface area contributed by atoms with Crippen LogP contribution in [0.5, 0.6) is 0 Å². The minimum absolute atomic E-state index is 0.0592. The summed E-state index contributed by atoms with van der Waals surface area (Å²) in [5, 5.41) is 16.3. The Morgan fingerprint density at radius 1 is 1.36 bits per heavy atom. The monoisotopic (exact) mass is 404 g/mol. The molecule has 1 N–H and O–H groups in total. The van der Waals surface area contributed by atoms with E-state index in [1.54, 1.807) is 42.5 Å². The van der Waals surface area contributed by atoms with Gasteiger partial charge in [-0.15, -0.1) is 11.3 Å². The second-order valence-electron chi connectivity index (χ2n) is 6.74. The zero-order chi connectivity index (χ0) is 20.1. The fourth-order valence-electron chi connectivity index (χ4n) is 3.26. The van der Waals surface area contributed by atoms with Gasteiger partial charge in [-0.3, -0.25) is 19.8 Å². The molecule has 0 saturated carbocycles. The van der Waals surface area contributed by atoms with Crippen LogP contribution in [0.3, 0.4) is 0 Å². The van der Waals surface area contributed by atoms with E-state index in [1.165, 1.54) is 10.9 Å². The number of morpholine rings is 1. The molecule has 0 bridgehead atoms. The van der Waals surface area contributed by atoms with Crippen molar-refractivity contribution in [3.63, 3.8) is 0 Å². The Kier molecular flexibility index (Phi) is 6.61. The number of rotatable bonds is 7. The highest BCUT2D eigenvalue weighted by molar-refractivity contribution is 7.10. The average molecular weight is 404 g/mol. The Hall–Kier alpha value is -2.49. The Balaban J connectivity index is 1.74. The summed E-state index contributed by atoms with van der Waals surface area (Å²) in [7, 11) is 3.46. The highest BCUT2D eigenvalue weighted by atomic mass is 32.1. The highest BCUT2D eigenvalue weighted by Crippen LogP contribution is 2.28. The van der Waals surface area contributed by atoms with E-state index in [0.717, 1.165) is 13.1 Å². The van der Waals surface area contributed by atoms with Crippen LogP contribution in [0, 0.1) is 10.1 Å². The predicted octanol–water partition coefficient (Wildman–Crippen LogP) is 2.53. The van der Waals surface area contributed by atoms with Crippen LogP contribution in [0.2, 0.25) is 0 Å². The molecule has 0 unspecified atom stereocenters. The zero-order valence-electron chi connectivity index (χ0n) is 16.0. The van der Waals surface area contributed by atoms with Gasteiger partial charge in [0.25, 0.3) is 11.6 Å². The zero-order valence-corrected chi connectivity index (χ0v) is 16.8. The van der Waals surface area contributed by atoms with Crippen LogP contribution in [0.15, 0.2) is 35.7 Å². The fraction of sp³-hybridized carbons (Fsp3) is 0.421. The molecule has 9 heteroatoms. The molecule has 0 spiro atoms. The Bertz CT molecular complexity index is 819. The normalized spacial score (nSPS) is 15.8. The molecule has 0 aliphatic carbocycles. The number of nitro groups is 1. The number of benzene rings is 1. The first-order valence-electron chi connectivity index (χ1n) is 9.06. The molecule has 2 heterocycles. The van der Waals surface area contributed by atoms with Gasteiger partial charge in [0, 0.05) is 50.2 Å². The van der Waals surface area contributed by atoms with E-state index in [4.69, 9.17) is 4.74 Å². The number of carbonyl (C=O) groups excluding carboxylic acids is 1. The molecule has 0 radical (unpaired) electrons. The molecular formula is C19H24N4O4S. The molecule has 150 valence electrons. The lowest BCUT2D eigenvalue weighted by molar-refractivity contribution is -0.384. The van der Waals surface area contributed by atoms with Gasteiger partial charge in [0.15, 0.2) is 0 Å². The molecular weight excluding hydrogens is 380 g/mol. The summed E-state index contributed by atoms with van der Waals surface area (Å²) >= 11 is 1.66. The van der Waals surface area contributed by atoms with Gasteiger partial charge in [0.1, 0.15) is 5.69 Å². The molecule has 1 aromatic carbocycles. The third kappa shape index (κ3) is 4.67. The number of nitrogens with zero attached hydrogens (tertiary/aromatic N) is 3. The minimum atomic E-state index is -0.464. The van der Waals surface area contributed by atoms with Crippen molar-refractivity contribution in [3.8, 4) is 0 Å². The first-order chi connectivity index (χ1) is 13.5. The number of anilines is 1. The van der Waals surface area contributed by atoms with Crippen LogP contribution in [0.25, 0.3) is 0 Å². The van der Waals surface area contributed by atoms with Crippen molar-refractivity contribution >= 4 is 28.6 Å². The SMILES string of the molecule is CN(C)c1ccc(C(=O)NC[C@H](c2cccs2)N2CCOCC2)cc1[N+](=O)[O-]. The third-order valence-corrected chi connectivity index (χ3v) is 5.70. The fourth-order valence-corrected chi connectivity index (χ4v) is 4.12. The smallest absolute Gasteiger partial charge is 0.293 e. The van der Waals surface area contributed by atoms with Gasteiger partial charge in [-0.25, -0.2) is 0 Å². The molecule has 8 nitrogen and oxygen atoms in total. The van der Waals surface area contributed by atoms with E-state index in [0.29, 0.717) is 25.4 Å². The highest BCUT2D eigenvalue weighted by Gasteiger charge is 2.25. The van der Waals surface area contributed by atoms with Crippen LogP contribution in [-0.2, 0) is 4.74 Å². The first kappa shape index (κ1) is 20.2. The number of carbonyl (C=O) groups is 1. The van der Waals surface area contributed by atoms with Crippen molar-refractivity contribution in [3.05, 3.63) is 56.3 Å². The minimum Gasteiger partial charge on any atom is -0.379 e. The molecule has 1 aromatic heterocycles. The van der Waals surface area contributed by atoms with Gasteiger partial charge < -0.3 is 15.0 Å². The molecule has 3 rings (SSSR count). The predicted molar refractivity (Wildman–Crippen MR) is 109 cm³/mol. The van der Waals surface area contributed by atoms with E-state index in [2.05, 4.69) is 16.3 Å². The van der Waals surface area contributed by atoms with Crippen molar-refractivity contribution in [2.75, 3.05) is 51.8 Å². The van der Waals surface area contributed by atoms with E-state index in [9.17, 15) is 14.9 Å². The van der Waals surface area contributed by atoms with Crippen LogP contribution in [0.4, 0.5) is 11.4 Å². The van der Waals surface area contributed by atoms with Crippen LogP contribution >= 0.6 is 11.3 Å². The average Bonchev–Trinajstić information content (AvgIpc) is 3.22. The number of hydrogen-bond donors (Lipinski definition) is 1. The number of nitro benzene ring substituents is 1. The lowest BCUT2D eigenvalue weighted by Crippen LogP contribution is -2.43. The van der Waals surface area contributed by atoms with Crippen molar-refractivity contribution in [1.29, 1.82) is 0 Å². The number of ether oxygens (including phenoxy) is 1. The maximum absolute atomic E-state index is 12.7. The van der Waals surface area contributed by atoms with Gasteiger partial charge >= 0.3 is 0 Å². The number of hydrogen-bond acceptors (Lipinski definition) is 7. The summed E-state index contributed by atoms with van der Waals surface area (Å²) in [5.74, 6) is -0.316. The van der Waals surface area contributed by atoms with E-state index >= 15 is 0 Å². The van der Waals surface area contributed by atoms with Crippen molar-refractivity contribution in [2.24, 2.45) is 0 Å². The van der Waals surface area contributed by atoms with E-state index < -0.39 is 4.92 Å². The Labute approximate surface area is 167 Å². The van der Waals surface area contributed by atoms with Crippen LogP contribution in [-0.4, -0.2) is 62.7 Å². The largest absolute Gasteiger partial charge is 0.379 e. The molecule has 1 amide bonds. The van der Waals surface area contributed by atoms with Gasteiger partial charge in [-0.2, -0.15) is 0 Å². The summed E-state index contributed by atoms with van der Waals surface area (Å²) in [6.07, 6.45) is 0. The summed E-state index contributed by atoms with van der Waals surface area (Å²) < 4.78 is 5.43. The topological polar surface area (TPSA) is 88.0 Å². The molecule has 1 aliphatic heterocycles. The Morgan fingerprint density at radius 3 is 2.71 bits per heavy atom. The first-order valence-corrected chi connectivity index (χ1v) is 9.94. The lowest BCUT2D eigenvalue weighted by atomic mass is 10.1. The van der Waals surface area contributed by atoms with Gasteiger partial charge in [0.2, 0.25) is 0 Å². The summed E-state index contributed by atoms with van der Waals surface area (Å²) in [4.78, 5) is 28.7. The second-order valence-corrected chi connectivity index (χ2v) is 7.72. The molecule has 1 aliphatic rings. The maximum atomic E-state index is 12.7. The van der Waals surface area contributed by atoms with Crippen LogP contribution < -0.4 is 10.2 Å². The quantitative estimate of drug-likeness (QED) is 0.564. The molecule has 1 atom stereocenters. The van der Waals surface area contributed by atoms with E-state index in [1.807, 2.05) is 11.4 Å². The molecule has 1 fully saturated rings. The van der Waals surface area contributed by atoms with Crippen molar-refractivity contribution in [2.45, 2.75) is 6.04 Å². The molecule has 1 saturated heterocycles. The maximum Gasteiger partial charge on any atom is 0.293 e. The second kappa shape index (κ2) is 9.13. The molecule has 28 heavy (non-hydrogen) atoms. The number of nitrogens with one attached hydrogen (secondary N) is 1. The number of amides is 1. The molecule has 2 aromatic rings. The van der Waals surface area contributed by atoms with Gasteiger partial charge in [0.05, 0.1) is 24.2 Å². The standard InChI is InChI=1S/C19H24N4O4S/c1-21(2)15-6-5-14(12-16(15)23(25)26)19(24)20-13-17(18-4-3-11-28-18)22-7-9-27-10-8-22/h3-6,11-12,17H,7-10,13H2,1-2H3,(H,20,24)/t17-/m1/s1. The van der Waals surface area contributed by atoms with Gasteiger partial charge in [-0.05, 0) is 23.6 Å². The summed E-state index contributed by atoms with van der Waals surface area (Å²) in [6, 6.07) is 8.67. The van der Waals surface area contributed by atoms with Gasteiger partial charge in [-0.1, -0.05) is 6.07 Å². The van der Waals surface area contributed by atoms with Crippen molar-refractivity contribution in [1.82, 2.24) is 10.2 Å². The number of thiophene rings is 1. The van der Waals surface area contributed by atoms with Crippen molar-refractivity contribution < 1.29 is 14.5 Å². The Morgan fingerprint density at radius 2 is 2.11 bits per heavy atom. The van der Waals surface area contributed by atoms with Crippen LogP contribution in [0.1, 0.15) is 21.3 Å². The summed E-state index contributed by atoms with van der Waals surface area (Å²) in [6.45, 7) is 3.40. The van der Waals surface area contributed by atoms with E-state index in [-0.39, 0.29) is 23.2 Å².